The zero-order valence-corrected chi connectivity index (χ0v) is 43.1. The van der Waals surface area contributed by atoms with Crippen LogP contribution >= 0.6 is 23.5 Å². The summed E-state index contributed by atoms with van der Waals surface area (Å²) in [5, 5.41) is 35.9. The number of hydrogen-bond donors (Lipinski definition) is 6. The highest BCUT2D eigenvalue weighted by Gasteiger charge is 2.50. The quantitative estimate of drug-likeness (QED) is 0.0375. The third-order valence-corrected chi connectivity index (χ3v) is 16.5. The predicted octanol–water partition coefficient (Wildman–Crippen LogP) is 0.997. The Labute approximate surface area is 420 Å². The van der Waals surface area contributed by atoms with Gasteiger partial charge in [-0.1, -0.05) is 57.4 Å². The van der Waals surface area contributed by atoms with Gasteiger partial charge in [0.2, 0.25) is 11.8 Å². The number of unbranched alkanes of at least 4 members (excludes halogenated alkanes) is 3. The van der Waals surface area contributed by atoms with Crippen molar-refractivity contribution in [2.45, 2.75) is 141 Å². The molecule has 26 nitrogen and oxygen atoms in total. The summed E-state index contributed by atoms with van der Waals surface area (Å²) in [7, 11) is -17.7. The number of carboxylic acids is 1. The van der Waals surface area contributed by atoms with Crippen LogP contribution in [0.25, 0.3) is 11.2 Å². The number of hydrogen-bond acceptors (Lipinski definition) is 22. The molecule has 2 saturated carbocycles. The number of aryl methyl sites for hydroxylation is 2. The number of carbonyl (C=O) groups excluding carboxylic acids is 3. The molecule has 29 heteroatoms. The molecule has 2 amide bonds. The molecule has 406 valence electrons. The maximum absolute atomic E-state index is 13.1. The van der Waals surface area contributed by atoms with Gasteiger partial charge >= 0.3 is 5.97 Å². The fraction of sp³-hybridized carbons (Fsp3) is 0.659. The van der Waals surface area contributed by atoms with Crippen LogP contribution < -0.4 is 35.9 Å². The van der Waals surface area contributed by atoms with Gasteiger partial charge in [-0.3, -0.25) is 32.9 Å². The van der Waals surface area contributed by atoms with Crippen LogP contribution in [0.15, 0.2) is 36.9 Å². The molecule has 2 aliphatic carbocycles. The summed E-state index contributed by atoms with van der Waals surface area (Å²) in [6.07, 6.45) is 3.79. The zero-order valence-electron chi connectivity index (χ0n) is 40.4. The van der Waals surface area contributed by atoms with E-state index in [4.69, 9.17) is 10.5 Å². The van der Waals surface area contributed by atoms with Crippen molar-refractivity contribution >= 4 is 64.0 Å². The molecule has 3 heterocycles. The van der Waals surface area contributed by atoms with E-state index in [1.54, 1.807) is 0 Å². The number of phosphoric acid groups is 3. The lowest BCUT2D eigenvalue weighted by Gasteiger charge is -2.36. The first kappa shape index (κ1) is 58.2. The van der Waals surface area contributed by atoms with Gasteiger partial charge < -0.3 is 74.1 Å². The van der Waals surface area contributed by atoms with Gasteiger partial charge in [-0.05, 0) is 75.3 Å². The number of nitrogens with one attached hydrogen (secondary N) is 2. The molecule has 7 atom stereocenters. The number of aromatic nitrogens is 4. The standard InChI is InChI=1S/C44H66N7O19P3/c1-42(2,25-67-73(64,65)70-72(62,63)66-24-30-35(69-71(59,60)61)34(54)40(68-30)51-27-50-33-37(45)48-26-49-38(33)51)36(55)39(56)47-22-14-32(53)46-21-13-31(52)43(17-18-43)15-7-5-10-29-12-8-11-28(23-29)9-4-3-6-16-44(19-20-44)41(57)58/h8,11-12,23,26-27,30,34-36,40,54-55H,3-7,9-10,13-22,24-25H2,1-2H3,(H,46,53)(H,47,56)(H,57,58)(H,62,63)(H,64,65)(H2,45,48,49)(H2,59,60,61)/p-4. The Morgan fingerprint density at radius 3 is 2.15 bits per heavy atom. The fourth-order valence-electron chi connectivity index (χ4n) is 8.74. The third-order valence-electron chi connectivity index (χ3n) is 13.5. The maximum Gasteiger partial charge on any atom is 0.309 e. The van der Waals surface area contributed by atoms with Crippen LogP contribution in [0.5, 0.6) is 0 Å². The largest absolute Gasteiger partial charge is 0.790 e. The van der Waals surface area contributed by atoms with Gasteiger partial charge in [0.1, 0.15) is 42.0 Å². The Morgan fingerprint density at radius 2 is 1.51 bits per heavy atom. The van der Waals surface area contributed by atoms with E-state index >= 15 is 0 Å². The number of aliphatic hydroxyl groups is 2. The summed E-state index contributed by atoms with van der Waals surface area (Å²) in [5.41, 5.74) is 5.74. The van der Waals surface area contributed by atoms with Gasteiger partial charge in [0.05, 0.1) is 32.8 Å². The Balaban J connectivity index is 0.847. The van der Waals surface area contributed by atoms with Crippen LogP contribution in [0.4, 0.5) is 5.82 Å². The number of imidazole rings is 1. The van der Waals surface area contributed by atoms with Crippen molar-refractivity contribution in [2.75, 3.05) is 32.0 Å². The molecule has 3 fully saturated rings. The van der Waals surface area contributed by atoms with Crippen LogP contribution in [-0.4, -0.2) is 109 Å². The minimum atomic E-state index is -5.94. The van der Waals surface area contributed by atoms with Gasteiger partial charge in [-0.25, -0.2) is 19.3 Å². The van der Waals surface area contributed by atoms with E-state index in [0.717, 1.165) is 101 Å². The summed E-state index contributed by atoms with van der Waals surface area (Å²) in [6.45, 7) is -0.0261. The van der Waals surface area contributed by atoms with E-state index in [9.17, 15) is 67.8 Å². The van der Waals surface area contributed by atoms with Crippen molar-refractivity contribution in [3.8, 4) is 0 Å². The van der Waals surface area contributed by atoms with Crippen molar-refractivity contribution < 1.29 is 90.4 Å². The number of amides is 2. The lowest BCUT2D eigenvalue weighted by molar-refractivity contribution is -0.347. The minimum Gasteiger partial charge on any atom is -0.790 e. The average Bonchev–Trinajstić information content (AvgIpc) is 4.22. The molecule has 1 aromatic carbocycles. The van der Waals surface area contributed by atoms with E-state index in [-0.39, 0.29) is 54.1 Å². The van der Waals surface area contributed by atoms with Gasteiger partial charge in [-0.15, -0.1) is 0 Å². The molecule has 0 radical (unpaired) electrons. The molecule has 7 unspecified atom stereocenters. The van der Waals surface area contributed by atoms with Crippen LogP contribution in [-0.2, 0) is 68.3 Å². The summed E-state index contributed by atoms with van der Waals surface area (Å²) < 4.78 is 61.0. The van der Waals surface area contributed by atoms with Crippen molar-refractivity contribution in [1.82, 2.24) is 30.2 Å². The molecule has 73 heavy (non-hydrogen) atoms. The zero-order chi connectivity index (χ0) is 53.4. The highest BCUT2D eigenvalue weighted by atomic mass is 31.3. The molecule has 3 aromatic rings. The second-order valence-electron chi connectivity index (χ2n) is 19.6. The van der Waals surface area contributed by atoms with Crippen molar-refractivity contribution in [1.29, 1.82) is 0 Å². The maximum atomic E-state index is 13.1. The first-order valence-electron chi connectivity index (χ1n) is 23.9. The molecule has 0 spiro atoms. The smallest absolute Gasteiger partial charge is 0.309 e. The van der Waals surface area contributed by atoms with Crippen LogP contribution in [0.3, 0.4) is 0 Å². The lowest BCUT2D eigenvalue weighted by Crippen LogP contribution is -2.46. The number of nitrogens with zero attached hydrogens (tertiary/aromatic N) is 4. The average molecular weight is 1090 g/mol. The first-order valence-corrected chi connectivity index (χ1v) is 28.3. The monoisotopic (exact) mass is 1090 g/mol. The number of rotatable bonds is 32. The Morgan fingerprint density at radius 1 is 0.890 bits per heavy atom. The Hall–Kier alpha value is -4.10. The van der Waals surface area contributed by atoms with Gasteiger partial charge in [0, 0.05) is 36.8 Å². The molecule has 6 rings (SSSR count). The Kier molecular flexibility index (Phi) is 19.3. The summed E-state index contributed by atoms with van der Waals surface area (Å²) in [5.74, 6) is -2.16. The molecule has 7 N–H and O–H groups in total. The highest BCUT2D eigenvalue weighted by molar-refractivity contribution is 7.59. The van der Waals surface area contributed by atoms with E-state index in [2.05, 4.69) is 67.7 Å². The topological polar surface area (TPSA) is 412 Å². The number of aliphatic hydroxyl groups excluding tert-OH is 2. The SMILES string of the molecule is CC(C)(COP(=O)([O-])OP(=O)([O-])OCC1OC(n2cnc3c(N)ncnc32)C(O)C1OP(=O)([O-])[O-])C(O)C(=O)NCCC(=O)NCCC(=O)C1(CCCCc2cccc(CCCCCC3(C(=O)O)CC3)c2)CC1. The van der Waals surface area contributed by atoms with E-state index < -0.39 is 95.9 Å². The summed E-state index contributed by atoms with van der Waals surface area (Å²) in [6, 6.07) is 8.52. The number of carboxylic acid groups (broad SMARTS) is 1. The number of anilines is 1. The molecule has 0 bridgehead atoms. The first-order chi connectivity index (χ1) is 34.2. The normalized spacial score (nSPS) is 22.2. The van der Waals surface area contributed by atoms with Crippen molar-refractivity contribution in [2.24, 2.45) is 16.2 Å². The number of ether oxygens (including phenoxy) is 1. The number of Topliss-reactive ketones (excluding diaryl/α,β-unsaturated/α-hetero) is 1. The van der Waals surface area contributed by atoms with Gasteiger partial charge in [0.25, 0.3) is 15.6 Å². The number of ketones is 1. The van der Waals surface area contributed by atoms with E-state index in [1.807, 2.05) is 0 Å². The molecular formula is C44H62N7O19P3-4. The molecule has 1 saturated heterocycles. The number of benzene rings is 1. The molecular weight excluding hydrogens is 1020 g/mol. The van der Waals surface area contributed by atoms with Gasteiger partial charge in [0.15, 0.2) is 17.7 Å². The third kappa shape index (κ3) is 16.4. The predicted molar refractivity (Wildman–Crippen MR) is 248 cm³/mol. The summed E-state index contributed by atoms with van der Waals surface area (Å²) in [4.78, 5) is 110. The number of phosphoric ester groups is 3. The second-order valence-corrected chi connectivity index (χ2v) is 23.7. The number of nitrogen functional groups attached to an aromatic ring is 1. The van der Waals surface area contributed by atoms with Crippen LogP contribution in [0.2, 0.25) is 0 Å². The number of carbonyl (C=O) groups is 4. The molecule has 2 aromatic heterocycles. The number of nitrogens with two attached hydrogens (primary N) is 1. The summed E-state index contributed by atoms with van der Waals surface area (Å²) >= 11 is 0. The van der Waals surface area contributed by atoms with Crippen LogP contribution in [0, 0.1) is 16.2 Å². The number of aliphatic carboxylic acids is 1. The lowest BCUT2D eigenvalue weighted by atomic mass is 9.87. The van der Waals surface area contributed by atoms with E-state index in [1.165, 1.54) is 25.0 Å². The van der Waals surface area contributed by atoms with Crippen molar-refractivity contribution in [3.63, 3.8) is 0 Å². The minimum absolute atomic E-state index is 0.0251. The number of fused-ring (bicyclic) bond motifs is 1. The molecule has 3 aliphatic rings. The molecule has 1 aliphatic heterocycles. The second kappa shape index (κ2) is 24.3. The Bertz CT molecular complexity index is 2590. The van der Waals surface area contributed by atoms with Crippen LogP contribution in [0.1, 0.15) is 115 Å². The van der Waals surface area contributed by atoms with Gasteiger partial charge in [-0.2, -0.15) is 0 Å². The van der Waals surface area contributed by atoms with E-state index in [0.29, 0.717) is 0 Å². The highest BCUT2D eigenvalue weighted by Crippen LogP contribution is 2.57. The fourth-order valence-corrected chi connectivity index (χ4v) is 11.5. The van der Waals surface area contributed by atoms with Crippen molar-refractivity contribution in [3.05, 3.63) is 48.0 Å².